The third kappa shape index (κ3) is 4.96. The van der Waals surface area contributed by atoms with Gasteiger partial charge in [0.1, 0.15) is 0 Å². The van der Waals surface area contributed by atoms with Crippen LogP contribution in [0.25, 0.3) is 0 Å². The van der Waals surface area contributed by atoms with E-state index in [0.717, 1.165) is 42.3 Å². The van der Waals surface area contributed by atoms with Gasteiger partial charge in [-0.3, -0.25) is 4.99 Å². The first kappa shape index (κ1) is 21.1. The lowest BCUT2D eigenvalue weighted by molar-refractivity contribution is 0.299. The number of hydrogen-bond acceptors (Lipinski definition) is 3. The van der Waals surface area contributed by atoms with Crippen LogP contribution in [0, 0.1) is 11.8 Å². The number of ether oxygens (including phenoxy) is 2. The van der Waals surface area contributed by atoms with Gasteiger partial charge in [-0.05, 0) is 48.8 Å². The van der Waals surface area contributed by atoms with E-state index < -0.39 is 0 Å². The summed E-state index contributed by atoms with van der Waals surface area (Å²) >= 11 is 0. The summed E-state index contributed by atoms with van der Waals surface area (Å²) in [6.07, 6.45) is 6.52. The molecule has 1 aromatic carbocycles. The van der Waals surface area contributed by atoms with Crippen molar-refractivity contribution in [3.8, 4) is 11.5 Å². The second-order valence-electron chi connectivity index (χ2n) is 7.12. The Hall–Kier alpha value is -1.18. The molecule has 1 aromatic rings. The molecule has 0 spiro atoms. The van der Waals surface area contributed by atoms with Crippen LogP contribution in [0.4, 0.5) is 0 Å². The minimum Gasteiger partial charge on any atom is -0.493 e. The first-order valence-electron chi connectivity index (χ1n) is 9.41. The van der Waals surface area contributed by atoms with E-state index in [9.17, 15) is 0 Å². The van der Waals surface area contributed by atoms with Crippen LogP contribution in [-0.4, -0.2) is 51.8 Å². The topological polar surface area (TPSA) is 46.1 Å². The number of nitrogens with zero attached hydrogens (tertiary/aromatic N) is 2. The normalized spacial score (nSPS) is 22.4. The number of benzene rings is 1. The summed E-state index contributed by atoms with van der Waals surface area (Å²) in [4.78, 5) is 6.96. The molecule has 0 radical (unpaired) electrons. The van der Waals surface area contributed by atoms with E-state index in [1.807, 2.05) is 19.2 Å². The lowest BCUT2D eigenvalue weighted by Crippen LogP contribution is -2.41. The van der Waals surface area contributed by atoms with Crippen molar-refractivity contribution < 1.29 is 9.47 Å². The minimum absolute atomic E-state index is 0. The molecule has 0 aromatic heterocycles. The van der Waals surface area contributed by atoms with Crippen molar-refractivity contribution >= 4 is 29.9 Å². The molecule has 2 aliphatic rings. The predicted molar refractivity (Wildman–Crippen MR) is 117 cm³/mol. The Bertz CT molecular complexity index is 595. The second-order valence-corrected chi connectivity index (χ2v) is 7.12. The fourth-order valence-electron chi connectivity index (χ4n) is 4.27. The van der Waals surface area contributed by atoms with Gasteiger partial charge in [0.25, 0.3) is 0 Å². The Balaban J connectivity index is 0.00000243. The Morgan fingerprint density at radius 2 is 1.77 bits per heavy atom. The van der Waals surface area contributed by atoms with Crippen LogP contribution >= 0.6 is 24.0 Å². The summed E-state index contributed by atoms with van der Waals surface area (Å²) in [6.45, 7) is 3.20. The van der Waals surface area contributed by atoms with E-state index in [0.29, 0.717) is 0 Å². The van der Waals surface area contributed by atoms with Gasteiger partial charge in [-0.2, -0.15) is 0 Å². The summed E-state index contributed by atoms with van der Waals surface area (Å²) in [5.41, 5.74) is 1.23. The Morgan fingerprint density at radius 1 is 1.12 bits per heavy atom. The monoisotopic (exact) mass is 473 g/mol. The molecule has 1 N–H and O–H groups in total. The molecule has 2 fully saturated rings. The number of nitrogens with one attached hydrogen (secondary N) is 1. The molecule has 1 saturated carbocycles. The van der Waals surface area contributed by atoms with Gasteiger partial charge in [-0.25, -0.2) is 0 Å². The number of hydrogen-bond donors (Lipinski definition) is 1. The van der Waals surface area contributed by atoms with E-state index in [1.54, 1.807) is 14.2 Å². The van der Waals surface area contributed by atoms with Gasteiger partial charge in [-0.15, -0.1) is 24.0 Å². The van der Waals surface area contributed by atoms with Crippen LogP contribution in [0.2, 0.25) is 0 Å². The number of guanidine groups is 1. The van der Waals surface area contributed by atoms with Gasteiger partial charge in [0.15, 0.2) is 17.5 Å². The maximum absolute atomic E-state index is 5.38. The highest BCUT2D eigenvalue weighted by Gasteiger charge is 2.35. The van der Waals surface area contributed by atoms with E-state index in [-0.39, 0.29) is 24.0 Å². The third-order valence-corrected chi connectivity index (χ3v) is 5.63. The summed E-state index contributed by atoms with van der Waals surface area (Å²) in [6, 6.07) is 6.11. The summed E-state index contributed by atoms with van der Waals surface area (Å²) in [5.74, 6) is 4.36. The number of rotatable bonds is 5. The van der Waals surface area contributed by atoms with Gasteiger partial charge in [-0.1, -0.05) is 18.9 Å². The number of aliphatic imine (C=N–C) groups is 1. The Labute approximate surface area is 174 Å². The quantitative estimate of drug-likeness (QED) is 0.404. The van der Waals surface area contributed by atoms with Crippen LogP contribution in [-0.2, 0) is 6.42 Å². The fourth-order valence-corrected chi connectivity index (χ4v) is 4.27. The molecule has 146 valence electrons. The second kappa shape index (κ2) is 10.2. The lowest BCUT2D eigenvalue weighted by atomic mass is 9.82. The average molecular weight is 473 g/mol. The van der Waals surface area contributed by atoms with Gasteiger partial charge < -0.3 is 19.7 Å². The maximum atomic E-state index is 5.38. The smallest absolute Gasteiger partial charge is 0.193 e. The largest absolute Gasteiger partial charge is 0.493 e. The highest BCUT2D eigenvalue weighted by Crippen LogP contribution is 2.36. The highest BCUT2D eigenvalue weighted by atomic mass is 127. The van der Waals surface area contributed by atoms with Crippen molar-refractivity contribution in [3.63, 3.8) is 0 Å². The molecule has 2 atom stereocenters. The zero-order valence-electron chi connectivity index (χ0n) is 16.2. The van der Waals surface area contributed by atoms with Crippen LogP contribution in [0.1, 0.15) is 31.2 Å². The molecule has 1 heterocycles. The Kier molecular flexibility index (Phi) is 8.31. The fraction of sp³-hybridized carbons (Fsp3) is 0.650. The molecule has 5 nitrogen and oxygen atoms in total. The van der Waals surface area contributed by atoms with Gasteiger partial charge in [0.2, 0.25) is 0 Å². The van der Waals surface area contributed by atoms with Gasteiger partial charge in [0, 0.05) is 26.7 Å². The molecule has 3 rings (SSSR count). The average Bonchev–Trinajstić information content (AvgIpc) is 3.08. The minimum atomic E-state index is 0. The highest BCUT2D eigenvalue weighted by molar-refractivity contribution is 14.0. The molecule has 6 heteroatoms. The molecule has 2 unspecified atom stereocenters. The molecule has 0 amide bonds. The van der Waals surface area contributed by atoms with E-state index in [2.05, 4.69) is 21.3 Å². The number of likely N-dealkylation sites (tertiary alicyclic amines) is 1. The van der Waals surface area contributed by atoms with Gasteiger partial charge in [0.05, 0.1) is 14.2 Å². The molecule has 1 saturated heterocycles. The third-order valence-electron chi connectivity index (χ3n) is 5.63. The summed E-state index contributed by atoms with van der Waals surface area (Å²) in [7, 11) is 5.23. The van der Waals surface area contributed by atoms with Crippen molar-refractivity contribution in [1.29, 1.82) is 0 Å². The lowest BCUT2D eigenvalue weighted by Gasteiger charge is -2.22. The molecular formula is C20H32IN3O2. The van der Waals surface area contributed by atoms with Crippen molar-refractivity contribution in [2.45, 2.75) is 32.1 Å². The van der Waals surface area contributed by atoms with Crippen LogP contribution in [0.15, 0.2) is 23.2 Å². The SMILES string of the molecule is CN=C(NCCc1ccc(OC)c(OC)c1)N1CC2CCCCC2C1.I. The summed E-state index contributed by atoms with van der Waals surface area (Å²) < 4.78 is 10.7. The zero-order chi connectivity index (χ0) is 17.6. The first-order chi connectivity index (χ1) is 12.2. The van der Waals surface area contributed by atoms with E-state index >= 15 is 0 Å². The van der Waals surface area contributed by atoms with E-state index in [1.165, 1.54) is 44.3 Å². The maximum Gasteiger partial charge on any atom is 0.193 e. The van der Waals surface area contributed by atoms with Gasteiger partial charge >= 0.3 is 0 Å². The molecule has 1 aliphatic heterocycles. The number of fused-ring (bicyclic) bond motifs is 1. The van der Waals surface area contributed by atoms with Crippen LogP contribution in [0.5, 0.6) is 11.5 Å². The molecular weight excluding hydrogens is 441 g/mol. The number of methoxy groups -OCH3 is 2. The van der Waals surface area contributed by atoms with Crippen molar-refractivity contribution in [1.82, 2.24) is 10.2 Å². The van der Waals surface area contributed by atoms with Crippen molar-refractivity contribution in [3.05, 3.63) is 23.8 Å². The summed E-state index contributed by atoms with van der Waals surface area (Å²) in [5, 5.41) is 3.54. The van der Waals surface area contributed by atoms with Crippen LogP contribution < -0.4 is 14.8 Å². The standard InChI is InChI=1S/C20H31N3O2.HI/c1-21-20(23-13-16-6-4-5-7-17(16)14-23)22-11-10-15-8-9-18(24-2)19(12-15)25-3;/h8-9,12,16-17H,4-7,10-11,13-14H2,1-3H3,(H,21,22);1H. The zero-order valence-corrected chi connectivity index (χ0v) is 18.5. The molecule has 26 heavy (non-hydrogen) atoms. The van der Waals surface area contributed by atoms with Crippen LogP contribution in [0.3, 0.4) is 0 Å². The van der Waals surface area contributed by atoms with Crippen molar-refractivity contribution in [2.24, 2.45) is 16.8 Å². The Morgan fingerprint density at radius 3 is 2.35 bits per heavy atom. The van der Waals surface area contributed by atoms with Crippen molar-refractivity contribution in [2.75, 3.05) is 40.9 Å². The molecule has 1 aliphatic carbocycles. The predicted octanol–water partition coefficient (Wildman–Crippen LogP) is 3.56. The first-order valence-corrected chi connectivity index (χ1v) is 9.41. The van der Waals surface area contributed by atoms with E-state index in [4.69, 9.17) is 9.47 Å². The molecule has 0 bridgehead atoms. The number of halogens is 1.